The van der Waals surface area contributed by atoms with Crippen molar-refractivity contribution in [3.8, 4) is 5.75 Å². The highest BCUT2D eigenvalue weighted by molar-refractivity contribution is 6.01. The number of carbonyl (C=O) groups is 2. The lowest BCUT2D eigenvalue weighted by atomic mass is 9.79. The minimum absolute atomic E-state index is 0.0992. The number of nitrogens with zero attached hydrogens (tertiary/aromatic N) is 2. The number of fused-ring (bicyclic) bond motifs is 1. The van der Waals surface area contributed by atoms with Gasteiger partial charge in [0, 0.05) is 24.7 Å². The molecule has 5 rings (SSSR count). The highest BCUT2D eigenvalue weighted by Gasteiger charge is 2.44. The first kappa shape index (κ1) is 25.9. The van der Waals surface area contributed by atoms with Crippen LogP contribution in [0.2, 0.25) is 0 Å². The molecule has 198 valence electrons. The molecule has 1 saturated heterocycles. The topological polar surface area (TPSA) is 61.9 Å². The van der Waals surface area contributed by atoms with Crippen molar-refractivity contribution in [3.05, 3.63) is 101 Å². The third-order valence-corrected chi connectivity index (χ3v) is 7.86. The van der Waals surface area contributed by atoms with E-state index in [4.69, 9.17) is 4.74 Å². The Balaban J connectivity index is 1.55. The lowest BCUT2D eigenvalue weighted by Gasteiger charge is -2.42. The first-order valence-corrected chi connectivity index (χ1v) is 13.3. The maximum Gasteiger partial charge on any atom is 0.255 e. The number of carbonyl (C=O) groups excluding carboxylic acids is 2. The van der Waals surface area contributed by atoms with E-state index < -0.39 is 12.0 Å². The summed E-state index contributed by atoms with van der Waals surface area (Å²) >= 11 is 0. The summed E-state index contributed by atoms with van der Waals surface area (Å²) in [5.41, 5.74) is 2.88. The standard InChI is InChI=1S/C31H34FN3O3/c1-3-34-18-6-7-24(34)19-33-30(36)28-26-8-4-5-9-27(26)31(37)35(20-21-10-14-23(32)15-11-21)29(28)22-12-16-25(38-2)17-13-22/h4-5,8-17,24,28-29H,3,6-7,18-20H2,1-2H3,(H,33,36)/t24-,28-,29+/m1/s1. The zero-order valence-electron chi connectivity index (χ0n) is 21.9. The van der Waals surface area contributed by atoms with Gasteiger partial charge in [0.25, 0.3) is 5.91 Å². The van der Waals surface area contributed by atoms with Gasteiger partial charge in [-0.15, -0.1) is 0 Å². The number of benzene rings is 3. The van der Waals surface area contributed by atoms with Crippen LogP contribution in [0.1, 0.15) is 58.8 Å². The Morgan fingerprint density at radius 1 is 1.05 bits per heavy atom. The van der Waals surface area contributed by atoms with E-state index in [0.29, 0.717) is 23.9 Å². The van der Waals surface area contributed by atoms with Crippen LogP contribution in [0.4, 0.5) is 4.39 Å². The number of likely N-dealkylation sites (tertiary alicyclic amines) is 1. The Labute approximate surface area is 223 Å². The second-order valence-electron chi connectivity index (χ2n) is 10.0. The van der Waals surface area contributed by atoms with Gasteiger partial charge >= 0.3 is 0 Å². The highest BCUT2D eigenvalue weighted by Crippen LogP contribution is 2.44. The summed E-state index contributed by atoms with van der Waals surface area (Å²) in [6, 6.07) is 20.8. The minimum Gasteiger partial charge on any atom is -0.497 e. The molecule has 0 bridgehead atoms. The number of likely N-dealkylation sites (N-methyl/N-ethyl adjacent to an activating group) is 1. The summed E-state index contributed by atoms with van der Waals surface area (Å²) in [6.07, 6.45) is 2.20. The van der Waals surface area contributed by atoms with Crippen molar-refractivity contribution in [1.29, 1.82) is 0 Å². The van der Waals surface area contributed by atoms with Crippen molar-refractivity contribution < 1.29 is 18.7 Å². The fraction of sp³-hybridized carbons (Fsp3) is 0.355. The largest absolute Gasteiger partial charge is 0.497 e. The SMILES string of the molecule is CCN1CCC[C@@H]1CNC(=O)[C@@H]1c2ccccc2C(=O)N(Cc2ccc(F)cc2)[C@H]1c1ccc(OC)cc1. The Hall–Kier alpha value is -3.71. The fourth-order valence-corrected chi connectivity index (χ4v) is 5.88. The lowest BCUT2D eigenvalue weighted by molar-refractivity contribution is -0.124. The van der Waals surface area contributed by atoms with E-state index in [1.807, 2.05) is 42.5 Å². The molecule has 1 N–H and O–H groups in total. The normalized spacial score (nSPS) is 21.3. The number of amides is 2. The molecule has 6 nitrogen and oxygen atoms in total. The van der Waals surface area contributed by atoms with Gasteiger partial charge in [-0.1, -0.05) is 49.4 Å². The molecule has 2 aliphatic heterocycles. The summed E-state index contributed by atoms with van der Waals surface area (Å²) in [6.45, 7) is 4.99. The number of nitrogens with one attached hydrogen (secondary N) is 1. The monoisotopic (exact) mass is 515 g/mol. The van der Waals surface area contributed by atoms with Gasteiger partial charge in [0.2, 0.25) is 5.91 Å². The van der Waals surface area contributed by atoms with E-state index in [9.17, 15) is 14.0 Å². The molecular weight excluding hydrogens is 481 g/mol. The van der Waals surface area contributed by atoms with Crippen LogP contribution in [0.5, 0.6) is 5.75 Å². The van der Waals surface area contributed by atoms with Gasteiger partial charge in [0.1, 0.15) is 11.6 Å². The van der Waals surface area contributed by atoms with E-state index in [-0.39, 0.29) is 24.2 Å². The maximum absolute atomic E-state index is 14.0. The fourth-order valence-electron chi connectivity index (χ4n) is 5.88. The summed E-state index contributed by atoms with van der Waals surface area (Å²) < 4.78 is 19.0. The molecule has 2 heterocycles. The van der Waals surface area contributed by atoms with Crippen LogP contribution >= 0.6 is 0 Å². The third-order valence-electron chi connectivity index (χ3n) is 7.86. The van der Waals surface area contributed by atoms with Crippen molar-refractivity contribution in [3.63, 3.8) is 0 Å². The lowest BCUT2D eigenvalue weighted by Crippen LogP contribution is -2.48. The number of rotatable bonds is 8. The smallest absolute Gasteiger partial charge is 0.255 e. The van der Waals surface area contributed by atoms with Gasteiger partial charge in [-0.2, -0.15) is 0 Å². The highest BCUT2D eigenvalue weighted by atomic mass is 19.1. The molecule has 1 fully saturated rings. The maximum atomic E-state index is 14.0. The molecule has 0 saturated carbocycles. The molecule has 0 aromatic heterocycles. The zero-order valence-corrected chi connectivity index (χ0v) is 21.9. The average molecular weight is 516 g/mol. The van der Waals surface area contributed by atoms with Gasteiger partial charge in [-0.05, 0) is 73.0 Å². The van der Waals surface area contributed by atoms with Crippen molar-refractivity contribution in [2.45, 2.75) is 44.3 Å². The first-order chi connectivity index (χ1) is 18.5. The van der Waals surface area contributed by atoms with Crippen LogP contribution < -0.4 is 10.1 Å². The molecule has 38 heavy (non-hydrogen) atoms. The Bertz CT molecular complexity index is 1280. The van der Waals surface area contributed by atoms with Crippen LogP contribution in [-0.4, -0.2) is 54.4 Å². The van der Waals surface area contributed by atoms with Crippen LogP contribution in [0.15, 0.2) is 72.8 Å². The Morgan fingerprint density at radius 2 is 1.79 bits per heavy atom. The number of hydrogen-bond acceptors (Lipinski definition) is 4. The van der Waals surface area contributed by atoms with Crippen molar-refractivity contribution in [1.82, 2.24) is 15.1 Å². The molecule has 2 aliphatic rings. The molecule has 2 amide bonds. The second kappa shape index (κ2) is 11.4. The Kier molecular flexibility index (Phi) is 7.74. The van der Waals surface area contributed by atoms with Crippen molar-refractivity contribution >= 4 is 11.8 Å². The number of ether oxygens (including phenoxy) is 1. The minimum atomic E-state index is -0.603. The van der Waals surface area contributed by atoms with Gasteiger partial charge in [0.15, 0.2) is 0 Å². The van der Waals surface area contributed by atoms with E-state index in [0.717, 1.165) is 42.6 Å². The summed E-state index contributed by atoms with van der Waals surface area (Å²) in [7, 11) is 1.61. The number of halogens is 1. The second-order valence-corrected chi connectivity index (χ2v) is 10.0. The molecule has 7 heteroatoms. The van der Waals surface area contributed by atoms with E-state index >= 15 is 0 Å². The molecular formula is C31H34FN3O3. The van der Waals surface area contributed by atoms with Crippen LogP contribution in [0.25, 0.3) is 0 Å². The zero-order chi connectivity index (χ0) is 26.6. The van der Waals surface area contributed by atoms with Gasteiger partial charge in [-0.25, -0.2) is 4.39 Å². The van der Waals surface area contributed by atoms with Gasteiger partial charge < -0.3 is 15.0 Å². The molecule has 3 aromatic carbocycles. The molecule has 0 unspecified atom stereocenters. The number of hydrogen-bond donors (Lipinski definition) is 1. The van der Waals surface area contributed by atoms with Crippen LogP contribution in [0.3, 0.4) is 0 Å². The van der Waals surface area contributed by atoms with Crippen LogP contribution in [0, 0.1) is 5.82 Å². The van der Waals surface area contributed by atoms with Crippen molar-refractivity contribution in [2.24, 2.45) is 0 Å². The summed E-state index contributed by atoms with van der Waals surface area (Å²) in [5.74, 6) is -0.487. The molecule has 0 spiro atoms. The molecule has 3 aromatic rings. The van der Waals surface area contributed by atoms with Gasteiger partial charge in [-0.3, -0.25) is 14.5 Å². The predicted octanol–water partition coefficient (Wildman–Crippen LogP) is 4.92. The van der Waals surface area contributed by atoms with Gasteiger partial charge in [0.05, 0.1) is 19.1 Å². The molecule has 3 atom stereocenters. The van der Waals surface area contributed by atoms with Crippen LogP contribution in [-0.2, 0) is 11.3 Å². The van der Waals surface area contributed by atoms with E-state index in [2.05, 4.69) is 17.1 Å². The molecule has 0 aliphatic carbocycles. The number of methoxy groups -OCH3 is 1. The van der Waals surface area contributed by atoms with E-state index in [1.165, 1.54) is 12.1 Å². The Morgan fingerprint density at radius 3 is 2.50 bits per heavy atom. The third kappa shape index (κ3) is 5.16. The summed E-state index contributed by atoms with van der Waals surface area (Å²) in [5, 5.41) is 3.24. The summed E-state index contributed by atoms with van der Waals surface area (Å²) in [4.78, 5) is 32.1. The average Bonchev–Trinajstić information content (AvgIpc) is 3.42. The quantitative estimate of drug-likeness (QED) is 0.463. The van der Waals surface area contributed by atoms with E-state index in [1.54, 1.807) is 30.2 Å². The molecule has 0 radical (unpaired) electrons. The van der Waals surface area contributed by atoms with Crippen molar-refractivity contribution in [2.75, 3.05) is 26.7 Å². The first-order valence-electron chi connectivity index (χ1n) is 13.3. The predicted molar refractivity (Wildman–Crippen MR) is 144 cm³/mol.